The maximum atomic E-state index is 13.5. The van der Waals surface area contributed by atoms with Gasteiger partial charge in [-0.3, -0.25) is 9.69 Å². The van der Waals surface area contributed by atoms with Crippen molar-refractivity contribution in [3.05, 3.63) is 47.1 Å². The van der Waals surface area contributed by atoms with Crippen LogP contribution in [-0.4, -0.2) is 54.3 Å². The average molecular weight is 615 g/mol. The van der Waals surface area contributed by atoms with Crippen molar-refractivity contribution in [2.24, 2.45) is 11.8 Å². The van der Waals surface area contributed by atoms with Crippen molar-refractivity contribution < 1.29 is 58.6 Å². The molecule has 0 bridgehead atoms. The van der Waals surface area contributed by atoms with Gasteiger partial charge in [-0.25, -0.2) is 4.79 Å². The van der Waals surface area contributed by atoms with Crippen LogP contribution in [0.3, 0.4) is 0 Å². The minimum absolute atomic E-state index is 0.0204. The number of carbonyl (C=O) groups is 2. The summed E-state index contributed by atoms with van der Waals surface area (Å²) in [6.45, 7) is 2.70. The highest BCUT2D eigenvalue weighted by molar-refractivity contribution is 5.96. The number of nitrogens with zero attached hydrogens (tertiary/aromatic N) is 2. The van der Waals surface area contributed by atoms with Gasteiger partial charge in [0, 0.05) is 29.6 Å². The smallest absolute Gasteiger partial charge is 0.443 e. The third-order valence-electron chi connectivity index (χ3n) is 7.68. The number of carbonyl (C=O) groups excluding carboxylic acids is 2. The van der Waals surface area contributed by atoms with Gasteiger partial charge in [-0.2, -0.15) is 26.3 Å². The van der Waals surface area contributed by atoms with Gasteiger partial charge in [-0.15, -0.1) is 13.2 Å². The molecular formula is C27H27F9N2O4. The highest BCUT2D eigenvalue weighted by Crippen LogP contribution is 2.44. The van der Waals surface area contributed by atoms with E-state index in [0.717, 1.165) is 23.5 Å². The quantitative estimate of drug-likeness (QED) is 0.300. The van der Waals surface area contributed by atoms with E-state index < -0.39 is 72.7 Å². The molecule has 1 aromatic rings. The van der Waals surface area contributed by atoms with Crippen LogP contribution in [0.25, 0.3) is 0 Å². The fraction of sp³-hybridized carbons (Fsp3) is 0.556. The first-order valence-corrected chi connectivity index (χ1v) is 13.1. The summed E-state index contributed by atoms with van der Waals surface area (Å²) in [5.41, 5.74) is -2.73. The number of alkyl halides is 9. The number of rotatable bonds is 7. The van der Waals surface area contributed by atoms with Crippen LogP contribution in [0.5, 0.6) is 5.75 Å². The van der Waals surface area contributed by atoms with Crippen molar-refractivity contribution in [2.45, 2.75) is 76.9 Å². The molecule has 0 aromatic heterocycles. The SMILES string of the molecule is CCN(C(=O)C1CCC1)c1ccc(OC(F)(F)F)cc1CN1C(=O)O[C@H](C2C=C(C(F)(F)F)C=C(C(F)(F)F)C2)[C@@H]1C. The number of hydrogen-bond acceptors (Lipinski definition) is 4. The summed E-state index contributed by atoms with van der Waals surface area (Å²) in [5, 5.41) is 0. The lowest BCUT2D eigenvalue weighted by atomic mass is 9.83. The third-order valence-corrected chi connectivity index (χ3v) is 7.68. The number of allylic oxidation sites excluding steroid dienone is 3. The predicted octanol–water partition coefficient (Wildman–Crippen LogP) is 7.44. The standard InChI is InChI=1S/C27H27F9N2O4/c1-3-37(23(39)15-5-4-6-15)21-8-7-20(42-27(34,35)36)11-17(21)13-38-14(2)22(41-24(38)40)16-9-18(25(28,29)30)12-19(10-16)26(31,32)33/h7-9,11-12,14-16,22H,3-6,10,13H2,1-2H3/t14-,16?,22-/m0/s1. The van der Waals surface area contributed by atoms with Gasteiger partial charge >= 0.3 is 24.8 Å². The van der Waals surface area contributed by atoms with Crippen LogP contribution in [0.4, 0.5) is 50.0 Å². The molecule has 3 atom stereocenters. The molecule has 1 saturated carbocycles. The van der Waals surface area contributed by atoms with Crippen LogP contribution in [0.1, 0.15) is 45.1 Å². The van der Waals surface area contributed by atoms with Crippen molar-refractivity contribution in [3.8, 4) is 5.75 Å². The van der Waals surface area contributed by atoms with E-state index in [4.69, 9.17) is 4.74 Å². The van der Waals surface area contributed by atoms with Gasteiger partial charge in [0.2, 0.25) is 5.91 Å². The second kappa shape index (κ2) is 11.4. The van der Waals surface area contributed by atoms with Crippen molar-refractivity contribution in [3.63, 3.8) is 0 Å². The van der Waals surface area contributed by atoms with Crippen LogP contribution >= 0.6 is 0 Å². The highest BCUT2D eigenvalue weighted by Gasteiger charge is 2.48. The van der Waals surface area contributed by atoms with Crippen LogP contribution in [0.15, 0.2) is 41.5 Å². The normalized spacial score (nSPS) is 23.6. The van der Waals surface area contributed by atoms with Gasteiger partial charge in [-0.1, -0.05) is 12.5 Å². The zero-order valence-corrected chi connectivity index (χ0v) is 22.4. The molecule has 1 aliphatic heterocycles. The van der Waals surface area contributed by atoms with E-state index in [2.05, 4.69) is 4.74 Å². The molecule has 3 aliphatic rings. The molecule has 1 heterocycles. The topological polar surface area (TPSA) is 59.1 Å². The zero-order valence-electron chi connectivity index (χ0n) is 22.4. The van der Waals surface area contributed by atoms with E-state index in [1.165, 1.54) is 17.9 Å². The molecule has 2 aliphatic carbocycles. The van der Waals surface area contributed by atoms with Gasteiger partial charge < -0.3 is 14.4 Å². The van der Waals surface area contributed by atoms with Gasteiger partial charge in [-0.05, 0) is 62.9 Å². The van der Waals surface area contributed by atoms with Crippen molar-refractivity contribution in [1.29, 1.82) is 0 Å². The predicted molar refractivity (Wildman–Crippen MR) is 130 cm³/mol. The Bertz CT molecular complexity index is 1270. The highest BCUT2D eigenvalue weighted by atomic mass is 19.4. The second-order valence-electron chi connectivity index (χ2n) is 10.4. The number of cyclic esters (lactones) is 1. The first kappa shape index (κ1) is 31.5. The molecular weight excluding hydrogens is 587 g/mol. The summed E-state index contributed by atoms with van der Waals surface area (Å²) < 4.78 is 129. The third kappa shape index (κ3) is 6.80. The van der Waals surface area contributed by atoms with E-state index in [-0.39, 0.29) is 35.7 Å². The molecule has 1 unspecified atom stereocenters. The summed E-state index contributed by atoms with van der Waals surface area (Å²) in [7, 11) is 0. The molecule has 2 fully saturated rings. The molecule has 0 N–H and O–H groups in total. The minimum Gasteiger partial charge on any atom is -0.443 e. The summed E-state index contributed by atoms with van der Waals surface area (Å²) in [4.78, 5) is 28.3. The van der Waals surface area contributed by atoms with Crippen LogP contribution in [-0.2, 0) is 16.1 Å². The molecule has 6 nitrogen and oxygen atoms in total. The fourth-order valence-corrected chi connectivity index (χ4v) is 5.36. The minimum atomic E-state index is -5.09. The Labute approximate surface area is 234 Å². The largest absolute Gasteiger partial charge is 0.573 e. The van der Waals surface area contributed by atoms with Crippen molar-refractivity contribution in [1.82, 2.24) is 4.90 Å². The van der Waals surface area contributed by atoms with Gasteiger partial charge in [0.1, 0.15) is 11.9 Å². The van der Waals surface area contributed by atoms with Crippen LogP contribution in [0.2, 0.25) is 0 Å². The molecule has 232 valence electrons. The maximum absolute atomic E-state index is 13.5. The Kier molecular flexibility index (Phi) is 8.53. The van der Waals surface area contributed by atoms with Crippen LogP contribution < -0.4 is 9.64 Å². The lowest BCUT2D eigenvalue weighted by Crippen LogP contribution is -2.41. The zero-order chi connectivity index (χ0) is 31.2. The summed E-state index contributed by atoms with van der Waals surface area (Å²) >= 11 is 0. The van der Waals surface area contributed by atoms with Gasteiger partial charge in [0.05, 0.1) is 18.2 Å². The molecule has 0 radical (unpaired) electrons. The number of hydrogen-bond donors (Lipinski definition) is 0. The van der Waals surface area contributed by atoms with Gasteiger partial charge in [0.15, 0.2) is 0 Å². The molecule has 2 amide bonds. The Balaban J connectivity index is 1.66. The lowest BCUT2D eigenvalue weighted by molar-refractivity contribution is -0.274. The lowest BCUT2D eigenvalue weighted by Gasteiger charge is -2.33. The molecule has 1 aromatic carbocycles. The molecule has 42 heavy (non-hydrogen) atoms. The van der Waals surface area contributed by atoms with Crippen LogP contribution in [0, 0.1) is 11.8 Å². The van der Waals surface area contributed by atoms with E-state index >= 15 is 0 Å². The average Bonchev–Trinajstić information content (AvgIpc) is 3.10. The van der Waals surface area contributed by atoms with E-state index in [1.807, 2.05) is 0 Å². The number of benzene rings is 1. The Morgan fingerprint density at radius 1 is 1.07 bits per heavy atom. The van der Waals surface area contributed by atoms with E-state index in [9.17, 15) is 49.1 Å². The van der Waals surface area contributed by atoms with Crippen molar-refractivity contribution in [2.75, 3.05) is 11.4 Å². The maximum Gasteiger partial charge on any atom is 0.573 e. The second-order valence-corrected chi connectivity index (χ2v) is 10.4. The molecule has 4 rings (SSSR count). The summed E-state index contributed by atoms with van der Waals surface area (Å²) in [6.07, 6.45) is -15.9. The summed E-state index contributed by atoms with van der Waals surface area (Å²) in [6, 6.07) is 2.14. The Morgan fingerprint density at radius 3 is 2.26 bits per heavy atom. The van der Waals surface area contributed by atoms with E-state index in [1.54, 1.807) is 6.92 Å². The number of anilines is 1. The number of amides is 2. The number of halogens is 9. The first-order chi connectivity index (χ1) is 19.4. The molecule has 0 spiro atoms. The van der Waals surface area contributed by atoms with Gasteiger partial charge in [0.25, 0.3) is 0 Å². The molecule has 1 saturated heterocycles. The van der Waals surface area contributed by atoms with E-state index in [0.29, 0.717) is 18.9 Å². The summed E-state index contributed by atoms with van der Waals surface area (Å²) in [5.74, 6) is -2.67. The Morgan fingerprint density at radius 2 is 1.74 bits per heavy atom. The fourth-order valence-electron chi connectivity index (χ4n) is 5.36. The monoisotopic (exact) mass is 614 g/mol. The first-order valence-electron chi connectivity index (χ1n) is 13.1. The Hall–Kier alpha value is -3.39. The van der Waals surface area contributed by atoms with Crippen molar-refractivity contribution >= 4 is 17.7 Å². The number of ether oxygens (including phenoxy) is 2. The molecule has 15 heteroatoms.